The molecule has 1 aromatic rings. The van der Waals surface area contributed by atoms with Crippen LogP contribution in [0, 0.1) is 0 Å². The van der Waals surface area contributed by atoms with Crippen molar-refractivity contribution >= 4 is 5.91 Å². The molecule has 0 atom stereocenters. The Bertz CT molecular complexity index is 402. The van der Waals surface area contributed by atoms with Gasteiger partial charge in [0.25, 0.3) is 5.91 Å². The number of allylic oxidation sites excluding steroid dienone is 2. The molecule has 0 saturated heterocycles. The van der Waals surface area contributed by atoms with Gasteiger partial charge >= 0.3 is 0 Å². The highest BCUT2D eigenvalue weighted by Crippen LogP contribution is 2.07. The van der Waals surface area contributed by atoms with Crippen molar-refractivity contribution in [2.24, 2.45) is 0 Å². The highest BCUT2D eigenvalue weighted by atomic mass is 16.5. The summed E-state index contributed by atoms with van der Waals surface area (Å²) in [7, 11) is 0. The molecule has 0 bridgehead atoms. The second kappa shape index (κ2) is 7.95. The number of hydrazine groups is 1. The number of ether oxygens (including phenoxy) is 1. The first-order valence-electron chi connectivity index (χ1n) is 5.73. The lowest BCUT2D eigenvalue weighted by atomic mass is 10.2. The third kappa shape index (κ3) is 5.75. The van der Waals surface area contributed by atoms with E-state index >= 15 is 0 Å². The van der Waals surface area contributed by atoms with Gasteiger partial charge < -0.3 is 10.2 Å². The number of carbonyl (C=O) groups excluding carboxylic acids is 1. The van der Waals surface area contributed by atoms with Crippen molar-refractivity contribution in [3.8, 4) is 5.75 Å². The zero-order valence-corrected chi connectivity index (χ0v) is 10.3. The van der Waals surface area contributed by atoms with Crippen molar-refractivity contribution in [2.75, 3.05) is 6.61 Å². The first-order chi connectivity index (χ1) is 8.72. The van der Waals surface area contributed by atoms with E-state index in [1.807, 2.05) is 18.2 Å². The highest BCUT2D eigenvalue weighted by Gasteiger charge is 2.02. The summed E-state index contributed by atoms with van der Waals surface area (Å²) in [6.45, 7) is 7.35. The summed E-state index contributed by atoms with van der Waals surface area (Å²) in [5.41, 5.74) is 5.98. The molecule has 1 aromatic carbocycles. The third-order valence-electron chi connectivity index (χ3n) is 2.14. The first kappa shape index (κ1) is 13.8. The molecule has 0 aromatic heterocycles. The number of hydrogen-bond donors (Lipinski definition) is 2. The molecule has 96 valence electrons. The average Bonchev–Trinajstić information content (AvgIpc) is 2.41. The van der Waals surface area contributed by atoms with E-state index in [2.05, 4.69) is 24.0 Å². The number of carbonyl (C=O) groups is 1. The molecule has 0 radical (unpaired) electrons. The Morgan fingerprint density at radius 3 is 2.67 bits per heavy atom. The molecule has 1 amide bonds. The molecule has 18 heavy (non-hydrogen) atoms. The molecule has 1 rings (SSSR count). The zero-order chi connectivity index (χ0) is 13.2. The van der Waals surface area contributed by atoms with Crippen LogP contribution in [0.3, 0.4) is 0 Å². The van der Waals surface area contributed by atoms with Gasteiger partial charge in [0.15, 0.2) is 6.61 Å². The Morgan fingerprint density at radius 1 is 1.28 bits per heavy atom. The van der Waals surface area contributed by atoms with Crippen LogP contribution in [0.15, 0.2) is 55.3 Å². The summed E-state index contributed by atoms with van der Waals surface area (Å²) in [5, 5.41) is 0. The van der Waals surface area contributed by atoms with Crippen LogP contribution in [-0.2, 0) is 4.79 Å². The van der Waals surface area contributed by atoms with Gasteiger partial charge in [-0.15, -0.1) is 6.58 Å². The second-order valence-electron chi connectivity index (χ2n) is 3.71. The molecule has 2 N–H and O–H groups in total. The van der Waals surface area contributed by atoms with Crippen molar-refractivity contribution in [1.29, 1.82) is 0 Å². The Balaban J connectivity index is 2.18. The van der Waals surface area contributed by atoms with E-state index in [-0.39, 0.29) is 12.5 Å². The molecule has 0 heterocycles. The lowest BCUT2D eigenvalue weighted by Crippen LogP contribution is -2.39. The Hall–Kier alpha value is -2.23. The van der Waals surface area contributed by atoms with Gasteiger partial charge in [0.2, 0.25) is 0 Å². The van der Waals surface area contributed by atoms with Gasteiger partial charge in [0.1, 0.15) is 5.75 Å². The van der Waals surface area contributed by atoms with Crippen molar-refractivity contribution in [3.05, 3.63) is 55.3 Å². The van der Waals surface area contributed by atoms with Gasteiger partial charge in [-0.1, -0.05) is 30.9 Å². The van der Waals surface area contributed by atoms with Gasteiger partial charge in [-0.3, -0.25) is 10.2 Å². The van der Waals surface area contributed by atoms with Gasteiger partial charge in [0, 0.05) is 5.70 Å². The van der Waals surface area contributed by atoms with Crippen LogP contribution in [0.25, 0.3) is 0 Å². The van der Waals surface area contributed by atoms with Crippen LogP contribution in [0.2, 0.25) is 0 Å². The van der Waals surface area contributed by atoms with Crippen molar-refractivity contribution in [2.45, 2.75) is 12.8 Å². The minimum absolute atomic E-state index is 0.0360. The highest BCUT2D eigenvalue weighted by molar-refractivity contribution is 5.77. The van der Waals surface area contributed by atoms with Crippen LogP contribution in [0.5, 0.6) is 5.75 Å². The maximum Gasteiger partial charge on any atom is 0.276 e. The lowest BCUT2D eigenvalue weighted by molar-refractivity contribution is -0.123. The van der Waals surface area contributed by atoms with Gasteiger partial charge in [0.05, 0.1) is 0 Å². The molecular weight excluding hydrogens is 228 g/mol. The van der Waals surface area contributed by atoms with E-state index in [1.54, 1.807) is 18.2 Å². The van der Waals surface area contributed by atoms with E-state index in [4.69, 9.17) is 4.74 Å². The SMILES string of the molecule is C=CCCC(=C)NNC(=O)COc1ccccc1. The molecule has 0 saturated carbocycles. The normalized spacial score (nSPS) is 9.33. The molecule has 0 spiro atoms. The predicted molar refractivity (Wildman–Crippen MR) is 71.8 cm³/mol. The fourth-order valence-electron chi connectivity index (χ4n) is 1.20. The zero-order valence-electron chi connectivity index (χ0n) is 10.3. The molecule has 0 unspecified atom stereocenters. The average molecular weight is 246 g/mol. The molecule has 0 fully saturated rings. The van der Waals surface area contributed by atoms with Gasteiger partial charge in [-0.2, -0.15) is 0 Å². The fraction of sp³-hybridized carbons (Fsp3) is 0.214. The Morgan fingerprint density at radius 2 is 2.00 bits per heavy atom. The standard InChI is InChI=1S/C14H18N2O2/c1-3-4-8-12(2)15-16-14(17)11-18-13-9-6-5-7-10-13/h3,5-7,9-10,15H,1-2,4,8,11H2,(H,16,17). The summed E-state index contributed by atoms with van der Waals surface area (Å²) < 4.78 is 5.28. The molecule has 4 heteroatoms. The largest absolute Gasteiger partial charge is 0.484 e. The number of amides is 1. The molecule has 0 aliphatic carbocycles. The number of benzene rings is 1. The summed E-state index contributed by atoms with van der Waals surface area (Å²) in [5.74, 6) is 0.414. The number of para-hydroxylation sites is 1. The molecule has 0 aliphatic heterocycles. The van der Waals surface area contributed by atoms with Crippen LogP contribution < -0.4 is 15.6 Å². The quantitative estimate of drug-likeness (QED) is 0.546. The minimum Gasteiger partial charge on any atom is -0.484 e. The van der Waals surface area contributed by atoms with Crippen LogP contribution in [0.1, 0.15) is 12.8 Å². The smallest absolute Gasteiger partial charge is 0.276 e. The lowest BCUT2D eigenvalue weighted by Gasteiger charge is -2.10. The molecule has 0 aliphatic rings. The van der Waals surface area contributed by atoms with Crippen molar-refractivity contribution in [1.82, 2.24) is 10.9 Å². The first-order valence-corrected chi connectivity index (χ1v) is 5.73. The number of rotatable bonds is 8. The van der Waals surface area contributed by atoms with E-state index in [1.165, 1.54) is 0 Å². The topological polar surface area (TPSA) is 50.4 Å². The predicted octanol–water partition coefficient (Wildman–Crippen LogP) is 2.17. The summed E-state index contributed by atoms with van der Waals surface area (Å²) in [6.07, 6.45) is 3.36. The van der Waals surface area contributed by atoms with E-state index in [0.717, 1.165) is 18.5 Å². The summed E-state index contributed by atoms with van der Waals surface area (Å²) in [4.78, 5) is 11.4. The summed E-state index contributed by atoms with van der Waals surface area (Å²) in [6, 6.07) is 9.18. The monoisotopic (exact) mass is 246 g/mol. The van der Waals surface area contributed by atoms with E-state index < -0.39 is 0 Å². The molecular formula is C14H18N2O2. The number of nitrogens with one attached hydrogen (secondary N) is 2. The van der Waals surface area contributed by atoms with Crippen molar-refractivity contribution in [3.63, 3.8) is 0 Å². The van der Waals surface area contributed by atoms with Gasteiger partial charge in [-0.25, -0.2) is 0 Å². The van der Waals surface area contributed by atoms with Crippen LogP contribution in [0.4, 0.5) is 0 Å². The third-order valence-corrected chi connectivity index (χ3v) is 2.14. The van der Waals surface area contributed by atoms with E-state index in [9.17, 15) is 4.79 Å². The van der Waals surface area contributed by atoms with Gasteiger partial charge in [-0.05, 0) is 25.0 Å². The maximum atomic E-state index is 11.4. The van der Waals surface area contributed by atoms with E-state index in [0.29, 0.717) is 5.75 Å². The Labute approximate surface area is 107 Å². The molecule has 4 nitrogen and oxygen atoms in total. The van der Waals surface area contributed by atoms with Crippen LogP contribution >= 0.6 is 0 Å². The maximum absolute atomic E-state index is 11.4. The van der Waals surface area contributed by atoms with Crippen LogP contribution in [-0.4, -0.2) is 12.5 Å². The van der Waals surface area contributed by atoms with Crippen molar-refractivity contribution < 1.29 is 9.53 Å². The fourth-order valence-corrected chi connectivity index (χ4v) is 1.20. The minimum atomic E-state index is -0.251. The second-order valence-corrected chi connectivity index (χ2v) is 3.71. The summed E-state index contributed by atoms with van der Waals surface area (Å²) >= 11 is 0. The number of hydrogen-bond acceptors (Lipinski definition) is 3. The Kier molecular flexibility index (Phi) is 6.11.